The average molecular weight is 373 g/mol. The molecule has 6 heteroatoms. The highest BCUT2D eigenvalue weighted by Gasteiger charge is 2.36. The molecule has 0 bridgehead atoms. The van der Waals surface area contributed by atoms with E-state index in [0.717, 1.165) is 11.6 Å². The van der Waals surface area contributed by atoms with Crippen molar-refractivity contribution < 1.29 is 13.6 Å². The van der Waals surface area contributed by atoms with Gasteiger partial charge < -0.3 is 10.6 Å². The second-order valence-corrected chi connectivity index (χ2v) is 6.87. The van der Waals surface area contributed by atoms with Crippen molar-refractivity contribution in [1.29, 1.82) is 0 Å². The molecule has 0 radical (unpaired) electrons. The Morgan fingerprint density at radius 1 is 1.19 bits per heavy atom. The molecule has 2 N–H and O–H groups in total. The van der Waals surface area contributed by atoms with Crippen molar-refractivity contribution >= 4 is 5.91 Å². The Labute approximate surface area is 158 Å². The van der Waals surface area contributed by atoms with Gasteiger partial charge in [-0.05, 0) is 25.0 Å². The number of rotatable bonds is 7. The topological polar surface area (TPSA) is 44.4 Å². The monoisotopic (exact) mass is 373 g/mol. The fraction of sp³-hybridized carbons (Fsp3) is 0.381. The maximum Gasteiger partial charge on any atom is 0.237 e. The second kappa shape index (κ2) is 9.06. The van der Waals surface area contributed by atoms with Crippen molar-refractivity contribution in [3.8, 4) is 0 Å². The maximum absolute atomic E-state index is 13.8. The van der Waals surface area contributed by atoms with Gasteiger partial charge in [-0.15, -0.1) is 0 Å². The van der Waals surface area contributed by atoms with Gasteiger partial charge in [-0.3, -0.25) is 9.69 Å². The first-order valence-electron chi connectivity index (χ1n) is 9.29. The molecule has 1 saturated heterocycles. The minimum atomic E-state index is -0.581. The van der Waals surface area contributed by atoms with Gasteiger partial charge in [0.25, 0.3) is 0 Å². The summed E-state index contributed by atoms with van der Waals surface area (Å²) in [4.78, 5) is 14.6. The fourth-order valence-corrected chi connectivity index (χ4v) is 3.53. The van der Waals surface area contributed by atoms with Crippen molar-refractivity contribution in [1.82, 2.24) is 15.5 Å². The number of likely N-dealkylation sites (tertiary alicyclic amines) is 1. The van der Waals surface area contributed by atoms with Gasteiger partial charge in [-0.25, -0.2) is 8.78 Å². The molecule has 4 nitrogen and oxygen atoms in total. The highest BCUT2D eigenvalue weighted by Crippen LogP contribution is 2.22. The van der Waals surface area contributed by atoms with E-state index in [-0.39, 0.29) is 18.0 Å². The molecule has 0 aromatic heterocycles. The SMILES string of the molecule is CCNC(=O)[C@@H]1C[C@@H](NCc2ccc(F)cc2F)CN1Cc1ccccc1. The summed E-state index contributed by atoms with van der Waals surface area (Å²) >= 11 is 0. The standard InChI is InChI=1S/C21H25F2N3O/c1-2-24-21(27)20-11-18(14-26(20)13-15-6-4-3-5-7-15)25-12-16-8-9-17(22)10-19(16)23/h3-10,18,20,25H,2,11-14H2,1H3,(H,24,27)/t18-,20+/m1/s1. The molecule has 0 saturated carbocycles. The van der Waals surface area contributed by atoms with Crippen molar-refractivity contribution in [2.75, 3.05) is 13.1 Å². The molecular formula is C21H25F2N3O. The Morgan fingerprint density at radius 3 is 2.67 bits per heavy atom. The molecular weight excluding hydrogens is 348 g/mol. The van der Waals surface area contributed by atoms with Crippen LogP contribution >= 0.6 is 0 Å². The van der Waals surface area contributed by atoms with Crippen LogP contribution in [-0.2, 0) is 17.9 Å². The van der Waals surface area contributed by atoms with E-state index in [0.29, 0.717) is 38.2 Å². The number of carbonyl (C=O) groups is 1. The maximum atomic E-state index is 13.8. The van der Waals surface area contributed by atoms with E-state index >= 15 is 0 Å². The fourth-order valence-electron chi connectivity index (χ4n) is 3.53. The first-order valence-corrected chi connectivity index (χ1v) is 9.29. The summed E-state index contributed by atoms with van der Waals surface area (Å²) in [5, 5.41) is 6.22. The van der Waals surface area contributed by atoms with Crippen LogP contribution in [0.2, 0.25) is 0 Å². The van der Waals surface area contributed by atoms with Crippen LogP contribution in [0.4, 0.5) is 8.78 Å². The van der Waals surface area contributed by atoms with Crippen LogP contribution < -0.4 is 10.6 Å². The third-order valence-corrected chi connectivity index (χ3v) is 4.88. The number of hydrogen-bond acceptors (Lipinski definition) is 3. The smallest absolute Gasteiger partial charge is 0.237 e. The number of halogens is 2. The summed E-state index contributed by atoms with van der Waals surface area (Å²) in [6.45, 7) is 4.18. The van der Waals surface area contributed by atoms with Crippen LogP contribution in [0.25, 0.3) is 0 Å². The molecule has 27 heavy (non-hydrogen) atoms. The lowest BCUT2D eigenvalue weighted by molar-refractivity contribution is -0.125. The third-order valence-electron chi connectivity index (χ3n) is 4.88. The van der Waals surface area contributed by atoms with E-state index in [4.69, 9.17) is 0 Å². The molecule has 3 rings (SSSR count). The molecule has 0 spiro atoms. The van der Waals surface area contributed by atoms with Crippen molar-refractivity contribution in [2.45, 2.75) is 38.5 Å². The van der Waals surface area contributed by atoms with Crippen molar-refractivity contribution in [2.24, 2.45) is 0 Å². The van der Waals surface area contributed by atoms with Crippen LogP contribution in [0.1, 0.15) is 24.5 Å². The van der Waals surface area contributed by atoms with Crippen LogP contribution in [0.3, 0.4) is 0 Å². The van der Waals surface area contributed by atoms with E-state index in [1.54, 1.807) is 0 Å². The third kappa shape index (κ3) is 5.11. The van der Waals surface area contributed by atoms with Gasteiger partial charge in [-0.1, -0.05) is 36.4 Å². The molecule has 144 valence electrons. The Kier molecular flexibility index (Phi) is 6.53. The summed E-state index contributed by atoms with van der Waals surface area (Å²) in [5.41, 5.74) is 1.57. The van der Waals surface area contributed by atoms with Crippen LogP contribution in [0, 0.1) is 11.6 Å². The van der Waals surface area contributed by atoms with E-state index < -0.39 is 11.6 Å². The van der Waals surface area contributed by atoms with Gasteiger partial charge >= 0.3 is 0 Å². The second-order valence-electron chi connectivity index (χ2n) is 6.87. The highest BCUT2D eigenvalue weighted by molar-refractivity contribution is 5.82. The Bertz CT molecular complexity index is 769. The van der Waals surface area contributed by atoms with Gasteiger partial charge in [0.05, 0.1) is 6.04 Å². The molecule has 0 aliphatic carbocycles. The van der Waals surface area contributed by atoms with E-state index in [2.05, 4.69) is 15.5 Å². The van der Waals surface area contributed by atoms with E-state index in [1.165, 1.54) is 12.1 Å². The predicted molar refractivity (Wildman–Crippen MR) is 101 cm³/mol. The molecule has 1 amide bonds. The minimum absolute atomic E-state index is 0.0192. The normalized spacial score (nSPS) is 20.0. The summed E-state index contributed by atoms with van der Waals surface area (Å²) in [6.07, 6.45) is 0.654. The zero-order valence-corrected chi connectivity index (χ0v) is 15.4. The zero-order chi connectivity index (χ0) is 19.2. The van der Waals surface area contributed by atoms with Crippen molar-refractivity contribution in [3.63, 3.8) is 0 Å². The molecule has 1 fully saturated rings. The highest BCUT2D eigenvalue weighted by atomic mass is 19.1. The van der Waals surface area contributed by atoms with Gasteiger partial charge in [0.2, 0.25) is 5.91 Å². The number of hydrogen-bond donors (Lipinski definition) is 2. The lowest BCUT2D eigenvalue weighted by Crippen LogP contribution is -2.42. The number of amides is 1. The number of carbonyl (C=O) groups excluding carboxylic acids is 1. The first-order chi connectivity index (χ1) is 13.1. The Hall–Kier alpha value is -2.31. The lowest BCUT2D eigenvalue weighted by Gasteiger charge is -2.23. The minimum Gasteiger partial charge on any atom is -0.355 e. The average Bonchev–Trinajstić information content (AvgIpc) is 3.05. The van der Waals surface area contributed by atoms with Crippen LogP contribution in [-0.4, -0.2) is 36.0 Å². The van der Waals surface area contributed by atoms with Gasteiger partial charge in [0.15, 0.2) is 0 Å². The van der Waals surface area contributed by atoms with Gasteiger partial charge in [-0.2, -0.15) is 0 Å². The summed E-state index contributed by atoms with van der Waals surface area (Å²) in [6, 6.07) is 13.5. The summed E-state index contributed by atoms with van der Waals surface area (Å²) in [7, 11) is 0. The van der Waals surface area contributed by atoms with Crippen molar-refractivity contribution in [3.05, 3.63) is 71.3 Å². The van der Waals surface area contributed by atoms with Gasteiger partial charge in [0.1, 0.15) is 11.6 Å². The number of likely N-dealkylation sites (N-methyl/N-ethyl adjacent to an activating group) is 1. The molecule has 0 unspecified atom stereocenters. The molecule has 2 aromatic carbocycles. The quantitative estimate of drug-likeness (QED) is 0.785. The van der Waals surface area contributed by atoms with Crippen LogP contribution in [0.15, 0.2) is 48.5 Å². The summed E-state index contributed by atoms with van der Waals surface area (Å²) < 4.78 is 26.9. The Balaban J connectivity index is 1.65. The number of nitrogens with one attached hydrogen (secondary N) is 2. The lowest BCUT2D eigenvalue weighted by atomic mass is 10.1. The molecule has 1 aliphatic heterocycles. The number of nitrogens with zero attached hydrogens (tertiary/aromatic N) is 1. The summed E-state index contributed by atoms with van der Waals surface area (Å²) in [5.74, 6) is -1.12. The first kappa shape index (κ1) is 19.5. The molecule has 1 aliphatic rings. The molecule has 1 heterocycles. The zero-order valence-electron chi connectivity index (χ0n) is 15.4. The van der Waals surface area contributed by atoms with Crippen LogP contribution in [0.5, 0.6) is 0 Å². The molecule has 2 aromatic rings. The number of benzene rings is 2. The van der Waals surface area contributed by atoms with Gasteiger partial charge in [0, 0.05) is 43.9 Å². The molecule has 2 atom stereocenters. The van der Waals surface area contributed by atoms with E-state index in [1.807, 2.05) is 37.3 Å². The predicted octanol–water partition coefficient (Wildman–Crippen LogP) is 2.83. The van der Waals surface area contributed by atoms with E-state index in [9.17, 15) is 13.6 Å². The largest absolute Gasteiger partial charge is 0.355 e. The Morgan fingerprint density at radius 2 is 1.96 bits per heavy atom.